The predicted octanol–water partition coefficient (Wildman–Crippen LogP) is 1.74. The summed E-state index contributed by atoms with van der Waals surface area (Å²) in [6.07, 6.45) is 2.24. The van der Waals surface area contributed by atoms with Gasteiger partial charge in [0.2, 0.25) is 6.41 Å². The Morgan fingerprint density at radius 1 is 1.47 bits per heavy atom. The quantitative estimate of drug-likeness (QED) is 0.822. The SMILES string of the molecule is O=CNC(Cc1ccc(Br)c2cccnc12)C(=O)O. The molecule has 19 heavy (non-hydrogen) atoms. The number of aliphatic carboxylic acids is 1. The summed E-state index contributed by atoms with van der Waals surface area (Å²) in [5, 5.41) is 12.2. The van der Waals surface area contributed by atoms with Gasteiger partial charge in [-0.25, -0.2) is 4.79 Å². The molecule has 0 aliphatic carbocycles. The van der Waals surface area contributed by atoms with E-state index in [2.05, 4.69) is 26.2 Å². The number of amides is 1. The number of carbonyl (C=O) groups excluding carboxylic acids is 1. The Balaban J connectivity index is 2.42. The second-order valence-electron chi connectivity index (χ2n) is 3.99. The maximum absolute atomic E-state index is 11.0. The van der Waals surface area contributed by atoms with Gasteiger partial charge in [-0.15, -0.1) is 0 Å². The molecular weight excluding hydrogens is 312 g/mol. The molecule has 0 bridgehead atoms. The van der Waals surface area contributed by atoms with Crippen LogP contribution in [0.2, 0.25) is 0 Å². The van der Waals surface area contributed by atoms with Crippen LogP contribution in [-0.2, 0) is 16.0 Å². The molecule has 2 N–H and O–H groups in total. The number of hydrogen-bond donors (Lipinski definition) is 2. The molecule has 0 radical (unpaired) electrons. The summed E-state index contributed by atoms with van der Waals surface area (Å²) in [5.74, 6) is -1.07. The number of pyridine rings is 1. The van der Waals surface area contributed by atoms with Crippen molar-refractivity contribution >= 4 is 39.2 Å². The number of fused-ring (bicyclic) bond motifs is 1. The zero-order chi connectivity index (χ0) is 13.8. The summed E-state index contributed by atoms with van der Waals surface area (Å²) in [6, 6.07) is 6.42. The molecule has 0 aliphatic rings. The third kappa shape index (κ3) is 2.90. The Morgan fingerprint density at radius 3 is 2.95 bits per heavy atom. The van der Waals surface area contributed by atoms with Crippen molar-refractivity contribution in [2.24, 2.45) is 0 Å². The van der Waals surface area contributed by atoms with Crippen molar-refractivity contribution in [2.75, 3.05) is 0 Å². The van der Waals surface area contributed by atoms with Gasteiger partial charge in [-0.3, -0.25) is 9.78 Å². The summed E-state index contributed by atoms with van der Waals surface area (Å²) in [5.41, 5.74) is 1.51. The molecule has 0 spiro atoms. The van der Waals surface area contributed by atoms with E-state index in [1.165, 1.54) is 0 Å². The van der Waals surface area contributed by atoms with Crippen LogP contribution in [0.3, 0.4) is 0 Å². The Labute approximate surface area is 117 Å². The van der Waals surface area contributed by atoms with E-state index in [-0.39, 0.29) is 6.42 Å². The van der Waals surface area contributed by atoms with Crippen molar-refractivity contribution in [1.29, 1.82) is 0 Å². The molecule has 1 aromatic carbocycles. The van der Waals surface area contributed by atoms with Crippen molar-refractivity contribution in [3.8, 4) is 0 Å². The third-order valence-corrected chi connectivity index (χ3v) is 3.48. The smallest absolute Gasteiger partial charge is 0.326 e. The highest BCUT2D eigenvalue weighted by Crippen LogP contribution is 2.25. The number of carboxylic acid groups (broad SMARTS) is 1. The zero-order valence-corrected chi connectivity index (χ0v) is 11.4. The molecule has 0 saturated heterocycles. The average Bonchev–Trinajstić information content (AvgIpc) is 2.41. The van der Waals surface area contributed by atoms with Crippen LogP contribution >= 0.6 is 15.9 Å². The Morgan fingerprint density at radius 2 is 2.26 bits per heavy atom. The van der Waals surface area contributed by atoms with Crippen molar-refractivity contribution < 1.29 is 14.7 Å². The number of aromatic nitrogens is 1. The summed E-state index contributed by atoms with van der Waals surface area (Å²) < 4.78 is 0.898. The number of carboxylic acids is 1. The number of benzene rings is 1. The van der Waals surface area contributed by atoms with Crippen LogP contribution in [0.15, 0.2) is 34.9 Å². The number of hydrogen-bond acceptors (Lipinski definition) is 3. The number of rotatable bonds is 5. The Bertz CT molecular complexity index is 630. The molecule has 2 rings (SSSR count). The van der Waals surface area contributed by atoms with Crippen LogP contribution in [0.1, 0.15) is 5.56 Å². The molecule has 0 aliphatic heterocycles. The lowest BCUT2D eigenvalue weighted by atomic mass is 10.0. The van der Waals surface area contributed by atoms with Crippen LogP contribution in [0, 0.1) is 0 Å². The van der Waals surface area contributed by atoms with E-state index in [1.54, 1.807) is 6.20 Å². The van der Waals surface area contributed by atoms with E-state index in [4.69, 9.17) is 5.11 Å². The lowest BCUT2D eigenvalue weighted by Crippen LogP contribution is -2.37. The molecule has 0 fully saturated rings. The fourth-order valence-corrected chi connectivity index (χ4v) is 2.33. The van der Waals surface area contributed by atoms with Crippen LogP contribution in [0.5, 0.6) is 0 Å². The third-order valence-electron chi connectivity index (χ3n) is 2.79. The van der Waals surface area contributed by atoms with Gasteiger partial charge in [0, 0.05) is 22.5 Å². The second kappa shape index (κ2) is 5.79. The molecule has 6 heteroatoms. The van der Waals surface area contributed by atoms with Gasteiger partial charge in [0.05, 0.1) is 5.52 Å². The summed E-state index contributed by atoms with van der Waals surface area (Å²) in [6.45, 7) is 0. The highest BCUT2D eigenvalue weighted by molar-refractivity contribution is 9.10. The van der Waals surface area contributed by atoms with E-state index in [0.717, 1.165) is 20.9 Å². The van der Waals surface area contributed by atoms with Crippen LogP contribution in [-0.4, -0.2) is 28.5 Å². The first-order valence-corrected chi connectivity index (χ1v) is 6.37. The normalized spacial score (nSPS) is 12.1. The monoisotopic (exact) mass is 322 g/mol. The van der Waals surface area contributed by atoms with Gasteiger partial charge < -0.3 is 10.4 Å². The first-order valence-electron chi connectivity index (χ1n) is 5.58. The van der Waals surface area contributed by atoms with E-state index in [9.17, 15) is 9.59 Å². The van der Waals surface area contributed by atoms with Crippen LogP contribution in [0.4, 0.5) is 0 Å². The van der Waals surface area contributed by atoms with Gasteiger partial charge in [0.1, 0.15) is 6.04 Å². The average molecular weight is 323 g/mol. The molecule has 1 amide bonds. The van der Waals surface area contributed by atoms with Gasteiger partial charge in [0.15, 0.2) is 0 Å². The van der Waals surface area contributed by atoms with Crippen molar-refractivity contribution in [1.82, 2.24) is 10.3 Å². The highest BCUT2D eigenvalue weighted by atomic mass is 79.9. The minimum atomic E-state index is -1.07. The van der Waals surface area contributed by atoms with E-state index < -0.39 is 12.0 Å². The first kappa shape index (κ1) is 13.5. The largest absolute Gasteiger partial charge is 0.480 e. The van der Waals surface area contributed by atoms with E-state index in [1.807, 2.05) is 24.3 Å². The number of carbonyl (C=O) groups is 2. The molecule has 98 valence electrons. The Hall–Kier alpha value is -1.95. The van der Waals surface area contributed by atoms with Gasteiger partial charge in [-0.1, -0.05) is 28.1 Å². The standard InChI is InChI=1S/C13H11BrN2O3/c14-10-4-3-8(6-11(13(18)19)16-7-17)12-9(10)2-1-5-15-12/h1-5,7,11H,6H2,(H,16,17)(H,18,19). The Kier molecular flexibility index (Phi) is 4.11. The molecule has 0 saturated carbocycles. The lowest BCUT2D eigenvalue weighted by molar-refractivity contribution is -0.140. The maximum atomic E-state index is 11.0. The van der Waals surface area contributed by atoms with Gasteiger partial charge in [0.25, 0.3) is 0 Å². The molecule has 1 atom stereocenters. The molecular formula is C13H11BrN2O3. The highest BCUT2D eigenvalue weighted by Gasteiger charge is 2.18. The summed E-state index contributed by atoms with van der Waals surface area (Å²) in [7, 11) is 0. The van der Waals surface area contributed by atoms with E-state index >= 15 is 0 Å². The van der Waals surface area contributed by atoms with Crippen molar-refractivity contribution in [2.45, 2.75) is 12.5 Å². The van der Waals surface area contributed by atoms with Crippen LogP contribution < -0.4 is 5.32 Å². The summed E-state index contributed by atoms with van der Waals surface area (Å²) in [4.78, 5) is 25.8. The number of nitrogens with zero attached hydrogens (tertiary/aromatic N) is 1. The fourth-order valence-electron chi connectivity index (χ4n) is 1.88. The number of halogens is 1. The molecule has 5 nitrogen and oxygen atoms in total. The number of nitrogens with one attached hydrogen (secondary N) is 1. The lowest BCUT2D eigenvalue weighted by Gasteiger charge is -2.13. The molecule has 1 heterocycles. The predicted molar refractivity (Wildman–Crippen MR) is 73.8 cm³/mol. The minimum Gasteiger partial charge on any atom is -0.480 e. The summed E-state index contributed by atoms with van der Waals surface area (Å²) >= 11 is 3.43. The minimum absolute atomic E-state index is 0.189. The van der Waals surface area contributed by atoms with Gasteiger partial charge in [-0.2, -0.15) is 0 Å². The zero-order valence-electron chi connectivity index (χ0n) is 9.84. The van der Waals surface area contributed by atoms with Gasteiger partial charge in [-0.05, 0) is 17.7 Å². The van der Waals surface area contributed by atoms with Crippen molar-refractivity contribution in [3.63, 3.8) is 0 Å². The molecule has 1 unspecified atom stereocenters. The topological polar surface area (TPSA) is 79.3 Å². The molecule has 2 aromatic rings. The second-order valence-corrected chi connectivity index (χ2v) is 4.84. The first-order chi connectivity index (χ1) is 9.13. The van der Waals surface area contributed by atoms with Crippen LogP contribution in [0.25, 0.3) is 10.9 Å². The molecule has 1 aromatic heterocycles. The van der Waals surface area contributed by atoms with E-state index in [0.29, 0.717) is 6.41 Å². The van der Waals surface area contributed by atoms with Crippen molar-refractivity contribution in [3.05, 3.63) is 40.5 Å². The fraction of sp³-hybridized carbons (Fsp3) is 0.154. The maximum Gasteiger partial charge on any atom is 0.326 e. The van der Waals surface area contributed by atoms with Gasteiger partial charge >= 0.3 is 5.97 Å².